The summed E-state index contributed by atoms with van der Waals surface area (Å²) in [6, 6.07) is 15.1. The van der Waals surface area contributed by atoms with Crippen LogP contribution in [0, 0.1) is 5.21 Å². The Morgan fingerprint density at radius 2 is 2.00 bits per heavy atom. The molecule has 0 spiro atoms. The van der Waals surface area contributed by atoms with Gasteiger partial charge in [0.15, 0.2) is 12.4 Å². The van der Waals surface area contributed by atoms with E-state index in [1.807, 2.05) is 50.2 Å². The van der Waals surface area contributed by atoms with Crippen molar-refractivity contribution in [3.8, 4) is 16.9 Å². The quantitative estimate of drug-likeness (QED) is 0.379. The van der Waals surface area contributed by atoms with Crippen LogP contribution in [0.4, 0.5) is 0 Å². The molecule has 0 aliphatic rings. The zero-order valence-electron chi connectivity index (χ0n) is 17.7. The fourth-order valence-corrected chi connectivity index (χ4v) is 3.69. The maximum Gasteiger partial charge on any atom is 0.254 e. The molecule has 2 aromatic heterocycles. The van der Waals surface area contributed by atoms with Gasteiger partial charge in [-0.15, -0.1) is 0 Å². The molecule has 4 aromatic rings. The lowest BCUT2D eigenvalue weighted by Crippen LogP contribution is -2.32. The minimum absolute atomic E-state index is 0.165. The van der Waals surface area contributed by atoms with E-state index in [2.05, 4.69) is 10.2 Å². The molecule has 7 nitrogen and oxygen atoms in total. The van der Waals surface area contributed by atoms with Gasteiger partial charge in [0.25, 0.3) is 5.91 Å². The van der Waals surface area contributed by atoms with Crippen molar-refractivity contribution in [1.29, 1.82) is 0 Å². The van der Waals surface area contributed by atoms with Gasteiger partial charge in [-0.05, 0) is 37.6 Å². The predicted molar refractivity (Wildman–Crippen MR) is 119 cm³/mol. The van der Waals surface area contributed by atoms with Gasteiger partial charge < -0.3 is 14.8 Å². The summed E-state index contributed by atoms with van der Waals surface area (Å²) >= 11 is 0. The molecule has 0 radical (unpaired) electrons. The fraction of sp³-hybridized carbons (Fsp3) is 0.208. The average molecular weight is 416 g/mol. The number of rotatable bonds is 6. The van der Waals surface area contributed by atoms with Gasteiger partial charge in [-0.25, -0.2) is 0 Å². The van der Waals surface area contributed by atoms with E-state index >= 15 is 0 Å². The summed E-state index contributed by atoms with van der Waals surface area (Å²) in [7, 11) is 1.73. The van der Waals surface area contributed by atoms with E-state index in [0.717, 1.165) is 21.4 Å². The highest BCUT2D eigenvalue weighted by Crippen LogP contribution is 2.32. The number of amides is 1. The first-order valence-electron chi connectivity index (χ1n) is 10.1. The van der Waals surface area contributed by atoms with Crippen LogP contribution in [0.25, 0.3) is 22.0 Å². The van der Waals surface area contributed by atoms with Gasteiger partial charge in [-0.1, -0.05) is 30.3 Å². The lowest BCUT2D eigenvalue weighted by atomic mass is 10.0. The Bertz CT molecular complexity index is 1220. The highest BCUT2D eigenvalue weighted by atomic mass is 16.5. The number of carbonyl (C=O) groups excluding carboxylic acids is 1. The summed E-state index contributed by atoms with van der Waals surface area (Å²) in [6.07, 6.45) is 4.52. The average Bonchev–Trinajstić information content (AvgIpc) is 3.26. The lowest BCUT2D eigenvalue weighted by Gasteiger charge is -2.25. The second-order valence-electron chi connectivity index (χ2n) is 7.38. The standard InChI is InChI=1S/C24H24N4O3/c1-4-31-22-12-18(10-11-20(22)17-8-6-5-7-9-17)24(29)27(3)16(2)21-15-28(30)14-19-13-25-26-23(19)21/h5-16H,4H2,1-3H3,(H,25,26)/t16-/m0/s1. The Kier molecular flexibility index (Phi) is 5.58. The van der Waals surface area contributed by atoms with Crippen molar-refractivity contribution in [2.75, 3.05) is 13.7 Å². The summed E-state index contributed by atoms with van der Waals surface area (Å²) in [6.45, 7) is 4.30. The highest BCUT2D eigenvalue weighted by Gasteiger charge is 2.24. The highest BCUT2D eigenvalue weighted by molar-refractivity contribution is 5.96. The SMILES string of the molecule is CCOc1cc(C(=O)N(C)[C@@H](C)c2c[n+]([O-])cc3cn[nH]c23)ccc1-c1ccccc1. The third-order valence-corrected chi connectivity index (χ3v) is 5.45. The molecule has 7 heteroatoms. The number of hydrogen-bond donors (Lipinski definition) is 1. The van der Waals surface area contributed by atoms with E-state index in [0.29, 0.717) is 28.9 Å². The summed E-state index contributed by atoms with van der Waals surface area (Å²) in [5.74, 6) is 0.496. The minimum Gasteiger partial charge on any atom is -0.619 e. The van der Waals surface area contributed by atoms with Crippen molar-refractivity contribution in [2.24, 2.45) is 0 Å². The van der Waals surface area contributed by atoms with E-state index in [1.165, 1.54) is 12.4 Å². The molecule has 31 heavy (non-hydrogen) atoms. The third kappa shape index (κ3) is 3.94. The number of fused-ring (bicyclic) bond motifs is 1. The Balaban J connectivity index is 1.67. The molecule has 2 heterocycles. The fourth-order valence-electron chi connectivity index (χ4n) is 3.69. The molecule has 158 valence electrons. The smallest absolute Gasteiger partial charge is 0.254 e. The first-order valence-corrected chi connectivity index (χ1v) is 10.1. The van der Waals surface area contributed by atoms with Crippen LogP contribution < -0.4 is 9.47 Å². The Morgan fingerprint density at radius 1 is 1.23 bits per heavy atom. The monoisotopic (exact) mass is 416 g/mol. The lowest BCUT2D eigenvalue weighted by molar-refractivity contribution is -0.604. The number of benzene rings is 2. The Morgan fingerprint density at radius 3 is 2.74 bits per heavy atom. The number of aromatic amines is 1. The largest absolute Gasteiger partial charge is 0.619 e. The number of ether oxygens (including phenoxy) is 1. The van der Waals surface area contributed by atoms with Crippen LogP contribution in [0.1, 0.15) is 35.8 Å². The number of nitrogens with zero attached hydrogens (tertiary/aromatic N) is 3. The molecule has 0 aliphatic carbocycles. The molecule has 0 fully saturated rings. The van der Waals surface area contributed by atoms with Crippen LogP contribution in [0.5, 0.6) is 5.75 Å². The molecular weight excluding hydrogens is 392 g/mol. The zero-order chi connectivity index (χ0) is 22.0. The maximum atomic E-state index is 13.3. The molecule has 0 saturated carbocycles. The normalized spacial score (nSPS) is 12.0. The van der Waals surface area contributed by atoms with Crippen molar-refractivity contribution >= 4 is 16.8 Å². The van der Waals surface area contributed by atoms with Crippen LogP contribution in [-0.4, -0.2) is 34.7 Å². The van der Waals surface area contributed by atoms with Gasteiger partial charge >= 0.3 is 0 Å². The van der Waals surface area contributed by atoms with Crippen molar-refractivity contribution in [2.45, 2.75) is 19.9 Å². The van der Waals surface area contributed by atoms with Crippen molar-refractivity contribution in [3.63, 3.8) is 0 Å². The van der Waals surface area contributed by atoms with Gasteiger partial charge in [0.2, 0.25) is 0 Å². The first-order chi connectivity index (χ1) is 15.0. The van der Waals surface area contributed by atoms with Crippen LogP contribution in [-0.2, 0) is 0 Å². The Hall–Kier alpha value is -3.87. The van der Waals surface area contributed by atoms with Crippen molar-refractivity contribution in [3.05, 3.63) is 83.5 Å². The molecule has 0 unspecified atom stereocenters. The summed E-state index contributed by atoms with van der Waals surface area (Å²) in [5.41, 5.74) is 3.92. The van der Waals surface area contributed by atoms with E-state index < -0.39 is 0 Å². The first kappa shape index (κ1) is 20.4. The van der Waals surface area contributed by atoms with E-state index in [1.54, 1.807) is 30.3 Å². The van der Waals surface area contributed by atoms with Crippen molar-refractivity contribution in [1.82, 2.24) is 15.1 Å². The van der Waals surface area contributed by atoms with Crippen LogP contribution in [0.15, 0.2) is 67.1 Å². The summed E-state index contributed by atoms with van der Waals surface area (Å²) in [5, 5.41) is 19.7. The predicted octanol–water partition coefficient (Wildman–Crippen LogP) is 4.10. The van der Waals surface area contributed by atoms with E-state index in [4.69, 9.17) is 4.74 Å². The second kappa shape index (κ2) is 8.47. The molecule has 4 rings (SSSR count). The van der Waals surface area contributed by atoms with Crippen LogP contribution in [0.3, 0.4) is 0 Å². The van der Waals surface area contributed by atoms with Gasteiger partial charge in [0.1, 0.15) is 5.75 Å². The van der Waals surface area contributed by atoms with E-state index in [9.17, 15) is 10.0 Å². The van der Waals surface area contributed by atoms with Gasteiger partial charge in [-0.2, -0.15) is 9.83 Å². The summed E-state index contributed by atoms with van der Waals surface area (Å²) in [4.78, 5) is 14.9. The molecule has 1 atom stereocenters. The second-order valence-corrected chi connectivity index (χ2v) is 7.38. The number of H-pyrrole nitrogens is 1. The van der Waals surface area contributed by atoms with Crippen molar-refractivity contribution < 1.29 is 14.3 Å². The number of nitrogens with one attached hydrogen (secondary N) is 1. The van der Waals surface area contributed by atoms with E-state index in [-0.39, 0.29) is 11.9 Å². The van der Waals surface area contributed by atoms with Crippen LogP contribution in [0.2, 0.25) is 0 Å². The number of aromatic nitrogens is 3. The number of carbonyl (C=O) groups is 1. The Labute approximate surface area is 180 Å². The van der Waals surface area contributed by atoms with Gasteiger partial charge in [0.05, 0.1) is 35.3 Å². The number of hydrogen-bond acceptors (Lipinski definition) is 4. The molecule has 0 bridgehead atoms. The molecule has 0 saturated heterocycles. The molecule has 1 N–H and O–H groups in total. The molecular formula is C24H24N4O3. The van der Waals surface area contributed by atoms with Crippen LogP contribution >= 0.6 is 0 Å². The number of pyridine rings is 1. The zero-order valence-corrected chi connectivity index (χ0v) is 17.7. The topological polar surface area (TPSA) is 85.2 Å². The molecule has 1 amide bonds. The van der Waals surface area contributed by atoms with Gasteiger partial charge in [-0.3, -0.25) is 9.89 Å². The maximum absolute atomic E-state index is 13.3. The minimum atomic E-state index is -0.346. The molecule has 2 aromatic carbocycles. The molecule has 0 aliphatic heterocycles. The summed E-state index contributed by atoms with van der Waals surface area (Å²) < 4.78 is 6.58. The third-order valence-electron chi connectivity index (χ3n) is 5.45. The van der Waals surface area contributed by atoms with Gasteiger partial charge in [0, 0.05) is 18.2 Å².